The molecule has 1 amide bonds. The van der Waals surface area contributed by atoms with Gasteiger partial charge in [0.05, 0.1) is 5.69 Å². The van der Waals surface area contributed by atoms with Crippen molar-refractivity contribution in [2.45, 2.75) is 13.0 Å². The Morgan fingerprint density at radius 2 is 2.05 bits per heavy atom. The molecule has 2 aromatic heterocycles. The first kappa shape index (κ1) is 13.1. The zero-order chi connectivity index (χ0) is 14.7. The Morgan fingerprint density at radius 1 is 1.24 bits per heavy atom. The Balaban J connectivity index is 1.69. The fraction of sp³-hybridized carbons (Fsp3) is 0.133. The van der Waals surface area contributed by atoms with Crippen LogP contribution in [0.1, 0.15) is 13.0 Å². The minimum absolute atomic E-state index is 0.104. The van der Waals surface area contributed by atoms with Gasteiger partial charge in [0.25, 0.3) is 0 Å². The lowest BCUT2D eigenvalue weighted by molar-refractivity contribution is -0.119. The summed E-state index contributed by atoms with van der Waals surface area (Å²) < 4.78 is 1.62. The molecule has 106 valence electrons. The highest BCUT2D eigenvalue weighted by molar-refractivity contribution is 5.93. The summed E-state index contributed by atoms with van der Waals surface area (Å²) in [7, 11) is 0. The topological polar surface area (TPSA) is 75.6 Å². The molecule has 6 heteroatoms. The van der Waals surface area contributed by atoms with Gasteiger partial charge in [-0.1, -0.05) is 12.1 Å². The second-order valence-electron chi connectivity index (χ2n) is 4.70. The molecule has 3 aromatic rings. The normalized spacial score (nSPS) is 12.0. The van der Waals surface area contributed by atoms with E-state index in [9.17, 15) is 4.79 Å². The van der Waals surface area contributed by atoms with E-state index in [1.807, 2.05) is 30.3 Å². The number of carbonyl (C=O) groups excluding carboxylic acids is 1. The molecule has 2 heterocycles. The SMILES string of the molecule is CC(C(=O)Nc1ccc(-c2ccn[nH]2)cc1)n1cccn1. The molecule has 21 heavy (non-hydrogen) atoms. The number of hydrogen-bond acceptors (Lipinski definition) is 3. The molecule has 0 fully saturated rings. The highest BCUT2D eigenvalue weighted by Gasteiger charge is 2.14. The maximum absolute atomic E-state index is 12.1. The van der Waals surface area contributed by atoms with Crippen LogP contribution in [-0.4, -0.2) is 25.9 Å². The van der Waals surface area contributed by atoms with E-state index in [-0.39, 0.29) is 11.9 Å². The minimum atomic E-state index is -0.354. The average Bonchev–Trinajstić information content (AvgIpc) is 3.20. The van der Waals surface area contributed by atoms with Gasteiger partial charge >= 0.3 is 0 Å². The van der Waals surface area contributed by atoms with Gasteiger partial charge in [-0.25, -0.2) is 0 Å². The smallest absolute Gasteiger partial charge is 0.248 e. The van der Waals surface area contributed by atoms with Gasteiger partial charge in [0.1, 0.15) is 6.04 Å². The number of amides is 1. The Kier molecular flexibility index (Phi) is 3.51. The molecule has 0 aliphatic carbocycles. The molecule has 2 N–H and O–H groups in total. The zero-order valence-electron chi connectivity index (χ0n) is 11.5. The van der Waals surface area contributed by atoms with Crippen molar-refractivity contribution in [1.82, 2.24) is 20.0 Å². The molecule has 1 aromatic carbocycles. The third-order valence-electron chi connectivity index (χ3n) is 3.27. The van der Waals surface area contributed by atoms with Crippen LogP contribution >= 0.6 is 0 Å². The monoisotopic (exact) mass is 281 g/mol. The Labute approximate surface area is 121 Å². The lowest BCUT2D eigenvalue weighted by atomic mass is 10.1. The van der Waals surface area contributed by atoms with Gasteiger partial charge in [-0.15, -0.1) is 0 Å². The number of hydrogen-bond donors (Lipinski definition) is 2. The number of rotatable bonds is 4. The summed E-state index contributed by atoms with van der Waals surface area (Å²) >= 11 is 0. The summed E-state index contributed by atoms with van der Waals surface area (Å²) in [6, 6.07) is 10.9. The van der Waals surface area contributed by atoms with Crippen LogP contribution in [0.25, 0.3) is 11.3 Å². The van der Waals surface area contributed by atoms with Crippen molar-refractivity contribution in [3.05, 3.63) is 55.0 Å². The van der Waals surface area contributed by atoms with E-state index in [0.717, 1.165) is 16.9 Å². The summed E-state index contributed by atoms with van der Waals surface area (Å²) in [6.45, 7) is 1.81. The van der Waals surface area contributed by atoms with Gasteiger partial charge in [-0.05, 0) is 36.8 Å². The van der Waals surface area contributed by atoms with Crippen LogP contribution in [-0.2, 0) is 4.79 Å². The zero-order valence-corrected chi connectivity index (χ0v) is 11.5. The van der Waals surface area contributed by atoms with Crippen molar-refractivity contribution in [2.75, 3.05) is 5.32 Å². The Hall–Kier alpha value is -2.89. The van der Waals surface area contributed by atoms with E-state index in [1.54, 1.807) is 36.3 Å². The molecule has 3 rings (SSSR count). The van der Waals surface area contributed by atoms with E-state index in [2.05, 4.69) is 20.6 Å². The third-order valence-corrected chi connectivity index (χ3v) is 3.27. The molecular weight excluding hydrogens is 266 g/mol. The molecule has 0 saturated heterocycles. The maximum Gasteiger partial charge on any atom is 0.248 e. The van der Waals surface area contributed by atoms with Crippen LogP contribution in [0.3, 0.4) is 0 Å². The van der Waals surface area contributed by atoms with Gasteiger partial charge in [-0.3, -0.25) is 14.6 Å². The number of aromatic nitrogens is 4. The van der Waals surface area contributed by atoms with Gasteiger partial charge in [0, 0.05) is 24.3 Å². The first-order chi connectivity index (χ1) is 10.2. The molecule has 0 aliphatic heterocycles. The van der Waals surface area contributed by atoms with Crippen molar-refractivity contribution < 1.29 is 4.79 Å². The van der Waals surface area contributed by atoms with Crippen LogP contribution in [0, 0.1) is 0 Å². The molecule has 0 spiro atoms. The predicted molar refractivity (Wildman–Crippen MR) is 79.6 cm³/mol. The molecule has 0 aliphatic rings. The van der Waals surface area contributed by atoms with Crippen LogP contribution in [0.2, 0.25) is 0 Å². The number of nitrogens with one attached hydrogen (secondary N) is 2. The van der Waals surface area contributed by atoms with Gasteiger partial charge in [0.2, 0.25) is 5.91 Å². The van der Waals surface area contributed by atoms with Crippen molar-refractivity contribution in [3.63, 3.8) is 0 Å². The Morgan fingerprint density at radius 3 is 2.67 bits per heavy atom. The number of H-pyrrole nitrogens is 1. The standard InChI is InChI=1S/C15H15N5O/c1-11(20-10-2-8-17-20)15(21)18-13-5-3-12(4-6-13)14-7-9-16-19-14/h2-11H,1H3,(H,16,19)(H,18,21). The van der Waals surface area contributed by atoms with Gasteiger partial charge < -0.3 is 5.32 Å². The van der Waals surface area contributed by atoms with Crippen LogP contribution in [0.4, 0.5) is 5.69 Å². The average molecular weight is 281 g/mol. The highest BCUT2D eigenvalue weighted by Crippen LogP contribution is 2.19. The quantitative estimate of drug-likeness (QED) is 0.771. The molecule has 0 saturated carbocycles. The maximum atomic E-state index is 12.1. The van der Waals surface area contributed by atoms with Crippen molar-refractivity contribution >= 4 is 11.6 Å². The van der Waals surface area contributed by atoms with Crippen LogP contribution in [0.15, 0.2) is 55.0 Å². The van der Waals surface area contributed by atoms with E-state index < -0.39 is 0 Å². The Bertz CT molecular complexity index is 701. The number of carbonyl (C=O) groups is 1. The second-order valence-corrected chi connectivity index (χ2v) is 4.70. The largest absolute Gasteiger partial charge is 0.324 e. The summed E-state index contributed by atoms with van der Waals surface area (Å²) in [5.74, 6) is -0.104. The number of benzene rings is 1. The molecular formula is C15H15N5O. The summed E-state index contributed by atoms with van der Waals surface area (Å²) in [5.41, 5.74) is 2.71. The van der Waals surface area contributed by atoms with E-state index in [0.29, 0.717) is 0 Å². The van der Waals surface area contributed by atoms with E-state index >= 15 is 0 Å². The lowest BCUT2D eigenvalue weighted by Crippen LogP contribution is -2.23. The molecule has 0 bridgehead atoms. The first-order valence-electron chi connectivity index (χ1n) is 6.64. The number of anilines is 1. The third kappa shape index (κ3) is 2.84. The number of aromatic amines is 1. The van der Waals surface area contributed by atoms with Crippen LogP contribution < -0.4 is 5.32 Å². The van der Waals surface area contributed by atoms with Gasteiger partial charge in [0.15, 0.2) is 0 Å². The van der Waals surface area contributed by atoms with Crippen molar-refractivity contribution in [3.8, 4) is 11.3 Å². The minimum Gasteiger partial charge on any atom is -0.324 e. The van der Waals surface area contributed by atoms with Gasteiger partial charge in [-0.2, -0.15) is 10.2 Å². The molecule has 0 radical (unpaired) electrons. The first-order valence-corrected chi connectivity index (χ1v) is 6.64. The van der Waals surface area contributed by atoms with E-state index in [4.69, 9.17) is 0 Å². The highest BCUT2D eigenvalue weighted by atomic mass is 16.2. The summed E-state index contributed by atoms with van der Waals surface area (Å²) in [4.78, 5) is 12.1. The molecule has 6 nitrogen and oxygen atoms in total. The number of nitrogens with zero attached hydrogens (tertiary/aromatic N) is 3. The summed E-state index contributed by atoms with van der Waals surface area (Å²) in [6.07, 6.45) is 5.13. The van der Waals surface area contributed by atoms with Crippen molar-refractivity contribution in [2.24, 2.45) is 0 Å². The van der Waals surface area contributed by atoms with Crippen LogP contribution in [0.5, 0.6) is 0 Å². The summed E-state index contributed by atoms with van der Waals surface area (Å²) in [5, 5.41) is 13.8. The lowest BCUT2D eigenvalue weighted by Gasteiger charge is -2.12. The van der Waals surface area contributed by atoms with Crippen molar-refractivity contribution in [1.29, 1.82) is 0 Å². The predicted octanol–water partition coefficient (Wildman–Crippen LogP) is 2.47. The fourth-order valence-electron chi connectivity index (χ4n) is 2.03. The molecule has 1 atom stereocenters. The molecule has 1 unspecified atom stereocenters. The fourth-order valence-corrected chi connectivity index (χ4v) is 2.03. The second kappa shape index (κ2) is 5.62. The van der Waals surface area contributed by atoms with E-state index in [1.165, 1.54) is 0 Å².